The Labute approximate surface area is 161 Å². The lowest BCUT2D eigenvalue weighted by Crippen LogP contribution is -2.45. The molecule has 1 heterocycles. The van der Waals surface area contributed by atoms with Gasteiger partial charge in [-0.3, -0.25) is 0 Å². The van der Waals surface area contributed by atoms with Crippen molar-refractivity contribution in [1.82, 2.24) is 0 Å². The van der Waals surface area contributed by atoms with Gasteiger partial charge in [-0.05, 0) is 31.2 Å². The molecule has 1 aliphatic rings. The summed E-state index contributed by atoms with van der Waals surface area (Å²) in [5, 5.41) is 9.21. The van der Waals surface area contributed by atoms with Gasteiger partial charge in [-0.2, -0.15) is 0 Å². The van der Waals surface area contributed by atoms with E-state index in [0.29, 0.717) is 17.3 Å². The highest BCUT2D eigenvalue weighted by Crippen LogP contribution is 2.44. The second-order valence-corrected chi connectivity index (χ2v) is 7.42. The molecule has 0 radical (unpaired) electrons. The second kappa shape index (κ2) is 8.10. The molecular weight excluding hydrogens is 371 g/mol. The van der Waals surface area contributed by atoms with Crippen LogP contribution in [-0.2, 0) is 9.47 Å². The Balaban J connectivity index is 1.74. The number of carbonyl (C=O) groups is 2. The maximum Gasteiger partial charge on any atom is 0.338 e. The molecule has 1 unspecified atom stereocenters. The molecule has 0 aromatic heterocycles. The fourth-order valence-electron chi connectivity index (χ4n) is 2.67. The number of ether oxygens (including phenoxy) is 2. The Morgan fingerprint density at radius 3 is 2.19 bits per heavy atom. The lowest BCUT2D eigenvalue weighted by molar-refractivity contribution is -0.0557. The molecule has 1 N–H and O–H groups in total. The van der Waals surface area contributed by atoms with Gasteiger partial charge in [-0.25, -0.2) is 14.0 Å². The number of halogens is 1. The van der Waals surface area contributed by atoms with Crippen molar-refractivity contribution in [2.24, 2.45) is 0 Å². The van der Waals surface area contributed by atoms with E-state index in [2.05, 4.69) is 0 Å². The monoisotopic (exact) mass is 391 g/mol. The number of thioether (sulfide) groups is 1. The minimum absolute atomic E-state index is 0.212. The van der Waals surface area contributed by atoms with E-state index < -0.39 is 34.4 Å². The van der Waals surface area contributed by atoms with E-state index in [1.165, 1.54) is 12.1 Å². The van der Waals surface area contributed by atoms with Gasteiger partial charge in [0.1, 0.15) is 12.0 Å². The molecule has 2 aromatic rings. The van der Waals surface area contributed by atoms with Gasteiger partial charge >= 0.3 is 11.9 Å². The highest BCUT2D eigenvalue weighted by molar-refractivity contribution is 8.00. The third kappa shape index (κ3) is 4.31. The van der Waals surface area contributed by atoms with Crippen molar-refractivity contribution in [3.63, 3.8) is 0 Å². The molecule has 1 aliphatic heterocycles. The van der Waals surface area contributed by atoms with Crippen LogP contribution < -0.4 is 0 Å². The van der Waals surface area contributed by atoms with E-state index in [9.17, 15) is 14.7 Å². The lowest BCUT2D eigenvalue weighted by Gasteiger charge is -2.27. The Hall–Kier alpha value is -2.38. The molecule has 0 bridgehead atoms. The normalized spacial score (nSPS) is 30.4. The lowest BCUT2D eigenvalue weighted by atomic mass is 9.99. The molecule has 1 fully saturated rings. The Morgan fingerprint density at radius 2 is 1.63 bits per heavy atom. The maximum absolute atomic E-state index is 15.2. The minimum Gasteiger partial charge on any atom is -0.461 e. The summed E-state index contributed by atoms with van der Waals surface area (Å²) in [6, 6.07) is 16.2. The number of hydrogen-bond acceptors (Lipinski definition) is 6. The fourth-order valence-corrected chi connectivity index (χ4v) is 3.88. The average Bonchev–Trinajstić information content (AvgIpc) is 2.86. The van der Waals surface area contributed by atoms with E-state index in [0.717, 1.165) is 6.92 Å². The van der Waals surface area contributed by atoms with Crippen LogP contribution in [0.5, 0.6) is 0 Å². The fraction of sp³-hybridized carbons (Fsp3) is 0.300. The SMILES string of the molecule is [2H]C1(O)S[C@H](COC(=O)c2ccccc2)[C@@H](OC(=O)c2ccccc2)[C@]1(C)F. The Kier molecular flexibility index (Phi) is 5.40. The number of aliphatic hydroxyl groups is 1. The highest BCUT2D eigenvalue weighted by Gasteiger charge is 2.56. The summed E-state index contributed by atoms with van der Waals surface area (Å²) in [7, 11) is 0. The molecule has 27 heavy (non-hydrogen) atoms. The number of esters is 2. The number of carbonyl (C=O) groups excluding carboxylic acids is 2. The zero-order chi connectivity index (χ0) is 20.4. The number of alkyl halides is 1. The van der Waals surface area contributed by atoms with Crippen LogP contribution in [0.1, 0.15) is 29.0 Å². The van der Waals surface area contributed by atoms with Crippen molar-refractivity contribution in [2.75, 3.05) is 6.61 Å². The molecule has 0 aliphatic carbocycles. The zero-order valence-electron chi connectivity index (χ0n) is 15.5. The Bertz CT molecular complexity index is 844. The molecule has 3 rings (SSSR count). The molecule has 2 aromatic carbocycles. The third-order valence-corrected chi connectivity index (χ3v) is 5.49. The maximum atomic E-state index is 15.2. The molecule has 0 saturated carbocycles. The van der Waals surface area contributed by atoms with Gasteiger partial charge in [0.2, 0.25) is 0 Å². The van der Waals surface area contributed by atoms with E-state index >= 15 is 4.39 Å². The van der Waals surface area contributed by atoms with Crippen molar-refractivity contribution in [1.29, 1.82) is 0 Å². The summed E-state index contributed by atoms with van der Waals surface area (Å²) in [4.78, 5) is 24.5. The van der Waals surface area contributed by atoms with Crippen LogP contribution in [-0.4, -0.2) is 46.1 Å². The van der Waals surface area contributed by atoms with Crippen LogP contribution in [0.25, 0.3) is 0 Å². The summed E-state index contributed by atoms with van der Waals surface area (Å²) in [6.07, 6.45) is -1.48. The quantitative estimate of drug-likeness (QED) is 0.789. The second-order valence-electron chi connectivity index (χ2n) is 6.19. The van der Waals surface area contributed by atoms with Crippen LogP contribution in [0.2, 0.25) is 0 Å². The first-order chi connectivity index (χ1) is 13.2. The van der Waals surface area contributed by atoms with Crippen molar-refractivity contribution < 1.29 is 29.9 Å². The zero-order valence-corrected chi connectivity index (χ0v) is 15.3. The first-order valence-corrected chi connectivity index (χ1v) is 9.17. The number of benzene rings is 2. The van der Waals surface area contributed by atoms with Gasteiger partial charge in [0, 0.05) is 0 Å². The largest absolute Gasteiger partial charge is 0.461 e. The van der Waals surface area contributed by atoms with Gasteiger partial charge in [-0.15, -0.1) is 11.8 Å². The van der Waals surface area contributed by atoms with Gasteiger partial charge in [-0.1, -0.05) is 36.4 Å². The molecule has 5 nitrogen and oxygen atoms in total. The van der Waals surface area contributed by atoms with Crippen LogP contribution in [0.15, 0.2) is 60.7 Å². The molecule has 0 amide bonds. The predicted octanol–water partition coefficient (Wildman–Crippen LogP) is 3.23. The van der Waals surface area contributed by atoms with Gasteiger partial charge in [0.05, 0.1) is 17.7 Å². The summed E-state index contributed by atoms with van der Waals surface area (Å²) in [5.74, 6) is -1.41. The molecule has 1 saturated heterocycles. The van der Waals surface area contributed by atoms with Gasteiger partial charge in [0.15, 0.2) is 11.8 Å². The molecule has 4 atom stereocenters. The predicted molar refractivity (Wildman–Crippen MR) is 99.3 cm³/mol. The van der Waals surface area contributed by atoms with Crippen molar-refractivity contribution in [3.8, 4) is 0 Å². The number of rotatable bonds is 5. The first kappa shape index (κ1) is 18.0. The Morgan fingerprint density at radius 1 is 1.11 bits per heavy atom. The van der Waals surface area contributed by atoms with Crippen LogP contribution in [0.3, 0.4) is 0 Å². The number of hydrogen-bond donors (Lipinski definition) is 1. The van der Waals surface area contributed by atoms with Crippen LogP contribution in [0, 0.1) is 0 Å². The minimum atomic E-state index is -2.56. The van der Waals surface area contributed by atoms with E-state index in [1.807, 2.05) is 0 Å². The summed E-state index contributed by atoms with van der Waals surface area (Å²) < 4.78 is 33.5. The molecular formula is C20H19FO5S. The van der Waals surface area contributed by atoms with E-state index in [-0.39, 0.29) is 12.2 Å². The van der Waals surface area contributed by atoms with Crippen LogP contribution >= 0.6 is 11.8 Å². The summed E-state index contributed by atoms with van der Waals surface area (Å²) in [5.41, 5.74) is -4.60. The third-order valence-electron chi connectivity index (χ3n) is 4.18. The van der Waals surface area contributed by atoms with Crippen molar-refractivity contribution in [2.45, 2.75) is 29.4 Å². The molecule has 0 spiro atoms. The van der Waals surface area contributed by atoms with Crippen LogP contribution in [0.4, 0.5) is 4.39 Å². The smallest absolute Gasteiger partial charge is 0.338 e. The molecule has 142 valence electrons. The average molecular weight is 391 g/mol. The van der Waals surface area contributed by atoms with Gasteiger partial charge in [0.25, 0.3) is 0 Å². The van der Waals surface area contributed by atoms with Crippen molar-refractivity contribution in [3.05, 3.63) is 71.8 Å². The first-order valence-electron chi connectivity index (χ1n) is 8.79. The van der Waals surface area contributed by atoms with E-state index in [4.69, 9.17) is 10.8 Å². The topological polar surface area (TPSA) is 72.8 Å². The van der Waals surface area contributed by atoms with Gasteiger partial charge < -0.3 is 14.6 Å². The summed E-state index contributed by atoms with van der Waals surface area (Å²) in [6.45, 7) is 0.667. The highest BCUT2D eigenvalue weighted by atomic mass is 32.2. The van der Waals surface area contributed by atoms with Crippen molar-refractivity contribution >= 4 is 23.7 Å². The van der Waals surface area contributed by atoms with E-state index in [1.54, 1.807) is 48.5 Å². The molecule has 7 heteroatoms. The summed E-state index contributed by atoms with van der Waals surface area (Å²) >= 11 is 0.550. The standard InChI is InChI=1S/C20H19FO5S/c1-20(21)16(26-18(23)14-10-6-3-7-11-14)15(27-19(20)24)12-25-17(22)13-8-4-2-5-9-13/h2-11,15-16,19,24H,12H2,1H3/t15-,16-,19?,20+/m1/s1/i19D.